The number of ether oxygens (including phenoxy) is 1. The highest BCUT2D eigenvalue weighted by Gasteiger charge is 2.47. The molecule has 2 heterocycles. The van der Waals surface area contributed by atoms with E-state index >= 15 is 0 Å². The average Bonchev–Trinajstić information content (AvgIpc) is 3.19. The summed E-state index contributed by atoms with van der Waals surface area (Å²) in [5.41, 5.74) is 7.54. The lowest BCUT2D eigenvalue weighted by Crippen LogP contribution is -2.49. The van der Waals surface area contributed by atoms with Crippen molar-refractivity contribution in [1.82, 2.24) is 4.90 Å². The van der Waals surface area contributed by atoms with Gasteiger partial charge in [-0.25, -0.2) is 4.39 Å². The van der Waals surface area contributed by atoms with E-state index in [0.717, 1.165) is 5.56 Å². The van der Waals surface area contributed by atoms with Crippen LogP contribution in [0.3, 0.4) is 0 Å². The van der Waals surface area contributed by atoms with Crippen molar-refractivity contribution in [1.29, 1.82) is 0 Å². The van der Waals surface area contributed by atoms with Crippen molar-refractivity contribution < 1.29 is 13.9 Å². The number of halogens is 1. The fourth-order valence-corrected chi connectivity index (χ4v) is 4.77. The third kappa shape index (κ3) is 3.45. The Hall–Kier alpha value is -2.24. The molecule has 148 valence electrons. The van der Waals surface area contributed by atoms with Gasteiger partial charge >= 0.3 is 0 Å². The van der Waals surface area contributed by atoms with Crippen LogP contribution in [0.2, 0.25) is 0 Å². The maximum atomic E-state index is 13.8. The predicted molar refractivity (Wildman–Crippen MR) is 106 cm³/mol. The molecule has 2 N–H and O–H groups in total. The summed E-state index contributed by atoms with van der Waals surface area (Å²) in [6.45, 7) is 2.97. The van der Waals surface area contributed by atoms with Gasteiger partial charge in [0.05, 0.1) is 5.41 Å². The highest BCUT2D eigenvalue weighted by Crippen LogP contribution is 2.40. The minimum Gasteiger partial charge on any atom is -0.381 e. The van der Waals surface area contributed by atoms with Crippen molar-refractivity contribution in [2.45, 2.75) is 24.2 Å². The van der Waals surface area contributed by atoms with Crippen LogP contribution in [-0.2, 0) is 14.9 Å². The summed E-state index contributed by atoms with van der Waals surface area (Å²) >= 11 is 0. The third-order valence-electron chi connectivity index (χ3n) is 6.41. The first-order valence-corrected chi connectivity index (χ1v) is 10.0. The maximum Gasteiger partial charge on any atom is 0.233 e. The molecule has 2 aliphatic heterocycles. The number of carbonyl (C=O) groups excluding carboxylic acids is 1. The van der Waals surface area contributed by atoms with Crippen LogP contribution in [0.4, 0.5) is 4.39 Å². The number of rotatable bonds is 4. The number of nitrogens with zero attached hydrogens (tertiary/aromatic N) is 1. The number of benzene rings is 2. The molecule has 4 rings (SSSR count). The second-order valence-corrected chi connectivity index (χ2v) is 7.92. The Labute approximate surface area is 165 Å². The van der Waals surface area contributed by atoms with Crippen molar-refractivity contribution in [3.63, 3.8) is 0 Å². The molecule has 0 bridgehead atoms. The van der Waals surface area contributed by atoms with Gasteiger partial charge in [0.15, 0.2) is 0 Å². The van der Waals surface area contributed by atoms with Crippen molar-refractivity contribution in [2.24, 2.45) is 11.7 Å². The summed E-state index contributed by atoms with van der Waals surface area (Å²) < 4.78 is 19.0. The molecule has 0 spiro atoms. The number of hydrogen-bond donors (Lipinski definition) is 1. The van der Waals surface area contributed by atoms with Gasteiger partial charge in [0.2, 0.25) is 5.91 Å². The van der Waals surface area contributed by atoms with E-state index in [1.165, 1.54) is 17.7 Å². The van der Waals surface area contributed by atoms with Crippen molar-refractivity contribution in [2.75, 3.05) is 32.8 Å². The Morgan fingerprint density at radius 3 is 2.39 bits per heavy atom. The van der Waals surface area contributed by atoms with Gasteiger partial charge in [-0.15, -0.1) is 0 Å². The number of nitrogens with two attached hydrogens (primary N) is 1. The molecule has 2 aromatic carbocycles. The van der Waals surface area contributed by atoms with E-state index < -0.39 is 5.41 Å². The van der Waals surface area contributed by atoms with Gasteiger partial charge in [-0.3, -0.25) is 4.79 Å². The van der Waals surface area contributed by atoms with Gasteiger partial charge in [-0.2, -0.15) is 0 Å². The first kappa shape index (κ1) is 19.1. The summed E-state index contributed by atoms with van der Waals surface area (Å²) in [5, 5.41) is 0. The molecule has 0 saturated carbocycles. The van der Waals surface area contributed by atoms with E-state index in [1.807, 2.05) is 23.1 Å². The minimum atomic E-state index is -0.642. The van der Waals surface area contributed by atoms with E-state index in [2.05, 4.69) is 12.1 Å². The topological polar surface area (TPSA) is 55.6 Å². The summed E-state index contributed by atoms with van der Waals surface area (Å²) in [4.78, 5) is 15.8. The number of likely N-dealkylation sites (tertiary alicyclic amines) is 1. The Kier molecular flexibility index (Phi) is 5.47. The van der Waals surface area contributed by atoms with Crippen LogP contribution in [0.1, 0.15) is 29.9 Å². The molecule has 2 aromatic rings. The Bertz CT molecular complexity index is 803. The second kappa shape index (κ2) is 8.02. The zero-order chi connectivity index (χ0) is 19.6. The standard InChI is InChI=1S/C23H27FN2O2/c24-20-8-6-19(7-9-20)23(10-12-28-13-11-23)22(27)26-15-18(14-25)21(16-26)17-4-2-1-3-5-17/h1-9,18,21H,10-16,25H2/t18-,21+/m1/s1. The number of amides is 1. The van der Waals surface area contributed by atoms with Gasteiger partial charge in [0, 0.05) is 32.2 Å². The first-order valence-electron chi connectivity index (χ1n) is 10.0. The molecule has 0 radical (unpaired) electrons. The summed E-state index contributed by atoms with van der Waals surface area (Å²) in [7, 11) is 0. The van der Waals surface area contributed by atoms with Crippen LogP contribution in [0.15, 0.2) is 54.6 Å². The Morgan fingerprint density at radius 1 is 1.07 bits per heavy atom. The minimum absolute atomic E-state index is 0.124. The third-order valence-corrected chi connectivity index (χ3v) is 6.41. The summed E-state index contributed by atoms with van der Waals surface area (Å²) in [5.74, 6) is 0.336. The molecule has 4 nitrogen and oxygen atoms in total. The molecule has 1 amide bonds. The van der Waals surface area contributed by atoms with E-state index in [-0.39, 0.29) is 23.6 Å². The molecule has 2 aliphatic rings. The largest absolute Gasteiger partial charge is 0.381 e. The molecule has 0 aromatic heterocycles. The van der Waals surface area contributed by atoms with Crippen LogP contribution < -0.4 is 5.73 Å². The maximum absolute atomic E-state index is 13.8. The molecule has 2 fully saturated rings. The summed E-state index contributed by atoms with van der Waals surface area (Å²) in [6.07, 6.45) is 1.24. The van der Waals surface area contributed by atoms with E-state index in [9.17, 15) is 9.18 Å². The SMILES string of the molecule is NC[C@@H]1CN(C(=O)C2(c3ccc(F)cc3)CCOCC2)C[C@H]1c1ccccc1. The monoisotopic (exact) mass is 382 g/mol. The normalized spacial score (nSPS) is 24.3. The molecular weight excluding hydrogens is 355 g/mol. The molecule has 2 saturated heterocycles. The highest BCUT2D eigenvalue weighted by molar-refractivity contribution is 5.89. The first-order chi connectivity index (χ1) is 13.6. The van der Waals surface area contributed by atoms with Gasteiger partial charge < -0.3 is 15.4 Å². The second-order valence-electron chi connectivity index (χ2n) is 7.92. The zero-order valence-corrected chi connectivity index (χ0v) is 16.0. The van der Waals surface area contributed by atoms with Crippen LogP contribution >= 0.6 is 0 Å². The quantitative estimate of drug-likeness (QED) is 0.884. The number of carbonyl (C=O) groups is 1. The van der Waals surface area contributed by atoms with E-state index in [1.54, 1.807) is 12.1 Å². The van der Waals surface area contributed by atoms with Gasteiger partial charge in [0.25, 0.3) is 0 Å². The molecular formula is C23H27FN2O2. The van der Waals surface area contributed by atoms with Crippen LogP contribution in [-0.4, -0.2) is 43.7 Å². The lowest BCUT2D eigenvalue weighted by atomic mass is 9.73. The highest BCUT2D eigenvalue weighted by atomic mass is 19.1. The number of hydrogen-bond acceptors (Lipinski definition) is 3. The molecule has 0 unspecified atom stereocenters. The Morgan fingerprint density at radius 2 is 1.75 bits per heavy atom. The lowest BCUT2D eigenvalue weighted by Gasteiger charge is -2.39. The van der Waals surface area contributed by atoms with E-state index in [4.69, 9.17) is 10.5 Å². The van der Waals surface area contributed by atoms with Gasteiger partial charge in [-0.1, -0.05) is 42.5 Å². The average molecular weight is 382 g/mol. The Balaban J connectivity index is 1.63. The smallest absolute Gasteiger partial charge is 0.233 e. The van der Waals surface area contributed by atoms with Crippen LogP contribution in [0.5, 0.6) is 0 Å². The van der Waals surface area contributed by atoms with Crippen molar-refractivity contribution >= 4 is 5.91 Å². The van der Waals surface area contributed by atoms with Crippen LogP contribution in [0, 0.1) is 11.7 Å². The lowest BCUT2D eigenvalue weighted by molar-refractivity contribution is -0.140. The van der Waals surface area contributed by atoms with E-state index in [0.29, 0.717) is 45.7 Å². The zero-order valence-electron chi connectivity index (χ0n) is 16.0. The molecule has 0 aliphatic carbocycles. The summed E-state index contributed by atoms with van der Waals surface area (Å²) in [6, 6.07) is 16.7. The van der Waals surface area contributed by atoms with Gasteiger partial charge in [-0.05, 0) is 48.6 Å². The van der Waals surface area contributed by atoms with Crippen molar-refractivity contribution in [3.05, 3.63) is 71.5 Å². The molecule has 28 heavy (non-hydrogen) atoms. The van der Waals surface area contributed by atoms with Gasteiger partial charge in [0.1, 0.15) is 5.82 Å². The molecule has 5 heteroatoms. The molecule has 2 atom stereocenters. The predicted octanol–water partition coefficient (Wildman–Crippen LogP) is 3.07. The fraction of sp³-hybridized carbons (Fsp3) is 0.435. The van der Waals surface area contributed by atoms with Crippen molar-refractivity contribution in [3.8, 4) is 0 Å². The van der Waals surface area contributed by atoms with Crippen LogP contribution in [0.25, 0.3) is 0 Å². The fourth-order valence-electron chi connectivity index (χ4n) is 4.77.